The molecule has 6 heteroatoms. The molecule has 2 aliphatic rings. The van der Waals surface area contributed by atoms with Crippen LogP contribution in [0.5, 0.6) is 0 Å². The van der Waals surface area contributed by atoms with E-state index < -0.39 is 0 Å². The van der Waals surface area contributed by atoms with E-state index in [-0.39, 0.29) is 24.0 Å². The van der Waals surface area contributed by atoms with Crippen LogP contribution in [0.2, 0.25) is 0 Å². The molecular weight excluding hydrogens is 451 g/mol. The average molecular weight is 488 g/mol. The lowest BCUT2D eigenvalue weighted by Gasteiger charge is -2.29. The van der Waals surface area contributed by atoms with Gasteiger partial charge in [0.1, 0.15) is 5.76 Å². The number of halogens is 1. The van der Waals surface area contributed by atoms with Gasteiger partial charge in [0.2, 0.25) is 0 Å². The number of nitrogens with zero attached hydrogens (tertiary/aromatic N) is 3. The highest BCUT2D eigenvalue weighted by Gasteiger charge is 2.27. The minimum Gasteiger partial charge on any atom is -0.469 e. The second-order valence-electron chi connectivity index (χ2n) is 7.78. The monoisotopic (exact) mass is 488 g/mol. The van der Waals surface area contributed by atoms with Crippen molar-refractivity contribution < 1.29 is 4.42 Å². The number of furan rings is 1. The van der Waals surface area contributed by atoms with Crippen LogP contribution in [0.1, 0.15) is 51.2 Å². The topological polar surface area (TPSA) is 44.0 Å². The first-order valence-corrected chi connectivity index (χ1v) is 10.6. The second kappa shape index (κ2) is 12.6. The molecule has 0 amide bonds. The summed E-state index contributed by atoms with van der Waals surface area (Å²) in [6.07, 6.45) is 10.5. The molecule has 1 N–H and O–H groups in total. The van der Waals surface area contributed by atoms with Crippen molar-refractivity contribution in [3.8, 4) is 0 Å². The summed E-state index contributed by atoms with van der Waals surface area (Å²) in [5, 5.41) is 3.59. The Hall–Kier alpha value is -0.760. The normalized spacial score (nSPS) is 21.3. The first-order chi connectivity index (χ1) is 12.8. The Morgan fingerprint density at radius 1 is 1.26 bits per heavy atom. The van der Waals surface area contributed by atoms with E-state index in [9.17, 15) is 0 Å². The van der Waals surface area contributed by atoms with E-state index in [4.69, 9.17) is 9.41 Å². The molecule has 0 aromatic carbocycles. The quantitative estimate of drug-likeness (QED) is 0.260. The van der Waals surface area contributed by atoms with E-state index in [1.807, 2.05) is 12.1 Å². The highest BCUT2D eigenvalue weighted by Crippen LogP contribution is 2.20. The van der Waals surface area contributed by atoms with Crippen molar-refractivity contribution in [2.75, 3.05) is 45.8 Å². The molecule has 3 heterocycles. The van der Waals surface area contributed by atoms with Crippen LogP contribution in [0.4, 0.5) is 0 Å². The number of likely N-dealkylation sites (tertiary alicyclic amines) is 2. The molecule has 27 heavy (non-hydrogen) atoms. The summed E-state index contributed by atoms with van der Waals surface area (Å²) < 4.78 is 5.44. The van der Waals surface area contributed by atoms with Crippen LogP contribution in [0.3, 0.4) is 0 Å². The summed E-state index contributed by atoms with van der Waals surface area (Å²) in [4.78, 5) is 10.0. The maximum Gasteiger partial charge on any atom is 0.193 e. The van der Waals surface area contributed by atoms with Gasteiger partial charge in [-0.15, -0.1) is 24.0 Å². The Balaban J connectivity index is 0.00000261. The first kappa shape index (κ1) is 22.5. The summed E-state index contributed by atoms with van der Waals surface area (Å²) in [6, 6.07) is 4.00. The summed E-state index contributed by atoms with van der Waals surface area (Å²) in [6.45, 7) is 10.2. The molecule has 0 aliphatic carbocycles. The molecule has 0 radical (unpaired) electrons. The highest BCUT2D eigenvalue weighted by molar-refractivity contribution is 14.0. The van der Waals surface area contributed by atoms with Crippen LogP contribution in [0.25, 0.3) is 0 Å². The van der Waals surface area contributed by atoms with E-state index in [0.29, 0.717) is 0 Å². The van der Waals surface area contributed by atoms with Gasteiger partial charge in [-0.2, -0.15) is 0 Å². The third-order valence-electron chi connectivity index (χ3n) is 5.56. The number of unbranched alkanes of at least 4 members (excludes halogenated alkanes) is 1. The van der Waals surface area contributed by atoms with Crippen LogP contribution in [-0.4, -0.2) is 61.6 Å². The zero-order valence-electron chi connectivity index (χ0n) is 16.9. The lowest BCUT2D eigenvalue weighted by molar-refractivity contribution is 0.198. The van der Waals surface area contributed by atoms with Gasteiger partial charge < -0.3 is 19.5 Å². The Morgan fingerprint density at radius 2 is 2.11 bits per heavy atom. The van der Waals surface area contributed by atoms with Crippen molar-refractivity contribution in [2.24, 2.45) is 10.9 Å². The molecule has 2 fully saturated rings. The van der Waals surface area contributed by atoms with Crippen LogP contribution in [0.15, 0.2) is 27.8 Å². The van der Waals surface area contributed by atoms with E-state index >= 15 is 0 Å². The fourth-order valence-electron chi connectivity index (χ4n) is 4.04. The minimum absolute atomic E-state index is 0. The number of nitrogens with one attached hydrogen (secondary N) is 1. The Labute approximate surface area is 182 Å². The lowest BCUT2D eigenvalue weighted by Crippen LogP contribution is -2.42. The Kier molecular flexibility index (Phi) is 10.6. The lowest BCUT2D eigenvalue weighted by atomic mass is 10.1. The maximum atomic E-state index is 5.44. The van der Waals surface area contributed by atoms with Crippen molar-refractivity contribution in [3.63, 3.8) is 0 Å². The molecule has 1 aromatic rings. The van der Waals surface area contributed by atoms with Gasteiger partial charge in [-0.25, -0.2) is 0 Å². The third-order valence-corrected chi connectivity index (χ3v) is 5.56. The smallest absolute Gasteiger partial charge is 0.193 e. The van der Waals surface area contributed by atoms with Gasteiger partial charge in [0.05, 0.1) is 6.26 Å². The largest absolute Gasteiger partial charge is 0.469 e. The van der Waals surface area contributed by atoms with Crippen molar-refractivity contribution in [3.05, 3.63) is 24.2 Å². The number of guanidine groups is 1. The SMILES string of the molecule is CCCCN=C(NCCc1ccco1)N1CCC(CN2CCCCC2)C1.I. The van der Waals surface area contributed by atoms with Crippen LogP contribution < -0.4 is 5.32 Å². The summed E-state index contributed by atoms with van der Waals surface area (Å²) in [7, 11) is 0. The zero-order chi connectivity index (χ0) is 18.0. The molecule has 2 aliphatic heterocycles. The second-order valence-corrected chi connectivity index (χ2v) is 7.78. The molecule has 1 unspecified atom stereocenters. The number of rotatable bonds is 8. The van der Waals surface area contributed by atoms with Crippen LogP contribution in [0, 0.1) is 5.92 Å². The minimum atomic E-state index is 0. The van der Waals surface area contributed by atoms with Crippen molar-refractivity contribution in [2.45, 2.75) is 51.9 Å². The van der Waals surface area contributed by atoms with Gasteiger partial charge in [0, 0.05) is 39.1 Å². The van der Waals surface area contributed by atoms with Gasteiger partial charge in [-0.3, -0.25) is 4.99 Å². The Bertz CT molecular complexity index is 528. The molecule has 0 spiro atoms. The van der Waals surface area contributed by atoms with Gasteiger partial charge in [-0.05, 0) is 56.8 Å². The molecule has 0 saturated carbocycles. The highest BCUT2D eigenvalue weighted by atomic mass is 127. The summed E-state index contributed by atoms with van der Waals surface area (Å²) in [5.41, 5.74) is 0. The molecule has 3 rings (SSSR count). The number of hydrogen-bond acceptors (Lipinski definition) is 3. The van der Waals surface area contributed by atoms with Crippen LogP contribution in [-0.2, 0) is 6.42 Å². The van der Waals surface area contributed by atoms with E-state index in [0.717, 1.165) is 56.7 Å². The predicted molar refractivity (Wildman–Crippen MR) is 123 cm³/mol. The van der Waals surface area contributed by atoms with Crippen molar-refractivity contribution >= 4 is 29.9 Å². The van der Waals surface area contributed by atoms with Crippen LogP contribution >= 0.6 is 24.0 Å². The fourth-order valence-corrected chi connectivity index (χ4v) is 4.04. The molecule has 2 saturated heterocycles. The van der Waals surface area contributed by atoms with Crippen molar-refractivity contribution in [1.82, 2.24) is 15.1 Å². The predicted octanol–water partition coefficient (Wildman–Crippen LogP) is 3.99. The average Bonchev–Trinajstić information content (AvgIpc) is 3.34. The number of piperidine rings is 1. The standard InChI is InChI=1S/C21H36N4O.HI/c1-2-3-11-22-21(23-12-9-20-8-7-16-26-20)25-15-10-19(18-25)17-24-13-5-4-6-14-24;/h7-8,16,19H,2-6,9-15,17-18H2,1H3,(H,22,23);1H. The number of aliphatic imine (C=N–C) groups is 1. The third kappa shape index (κ3) is 7.64. The molecular formula is C21H37IN4O. The first-order valence-electron chi connectivity index (χ1n) is 10.6. The Morgan fingerprint density at radius 3 is 2.85 bits per heavy atom. The zero-order valence-corrected chi connectivity index (χ0v) is 19.2. The van der Waals surface area contributed by atoms with Gasteiger partial charge in [0.25, 0.3) is 0 Å². The fraction of sp³-hybridized carbons (Fsp3) is 0.762. The molecule has 5 nitrogen and oxygen atoms in total. The maximum absolute atomic E-state index is 5.44. The summed E-state index contributed by atoms with van der Waals surface area (Å²) >= 11 is 0. The molecule has 154 valence electrons. The molecule has 1 atom stereocenters. The van der Waals surface area contributed by atoms with Crippen molar-refractivity contribution in [1.29, 1.82) is 0 Å². The number of hydrogen-bond donors (Lipinski definition) is 1. The van der Waals surface area contributed by atoms with E-state index in [1.54, 1.807) is 6.26 Å². The summed E-state index contributed by atoms with van der Waals surface area (Å²) in [5.74, 6) is 2.93. The van der Waals surface area contributed by atoms with E-state index in [2.05, 4.69) is 22.0 Å². The van der Waals surface area contributed by atoms with Gasteiger partial charge >= 0.3 is 0 Å². The van der Waals surface area contributed by atoms with E-state index in [1.165, 1.54) is 51.7 Å². The van der Waals surface area contributed by atoms with Gasteiger partial charge in [0.15, 0.2) is 5.96 Å². The molecule has 1 aromatic heterocycles. The van der Waals surface area contributed by atoms with Gasteiger partial charge in [-0.1, -0.05) is 19.8 Å². The molecule has 0 bridgehead atoms.